The van der Waals surface area contributed by atoms with Crippen molar-refractivity contribution >= 4 is 17.6 Å². The zero-order chi connectivity index (χ0) is 16.8. The van der Waals surface area contributed by atoms with Gasteiger partial charge in [0.25, 0.3) is 0 Å². The minimum Gasteiger partial charge on any atom is -0.474 e. The highest BCUT2D eigenvalue weighted by atomic mass is 16.5. The number of pyridine rings is 1. The average molecular weight is 320 g/mol. The number of rotatable bonds is 4. The Morgan fingerprint density at radius 2 is 2.04 bits per heavy atom. The van der Waals surface area contributed by atoms with Gasteiger partial charge in [0.15, 0.2) is 0 Å². The Hall–Kier alpha value is -2.31. The summed E-state index contributed by atoms with van der Waals surface area (Å²) in [4.78, 5) is 30.7. The minimum atomic E-state index is -0.201. The Labute approximate surface area is 136 Å². The molecule has 23 heavy (non-hydrogen) atoms. The first-order valence-electron chi connectivity index (χ1n) is 7.88. The molecule has 2 rings (SSSR count). The first kappa shape index (κ1) is 17.1. The molecule has 3 amide bonds. The lowest BCUT2D eigenvalue weighted by molar-refractivity contribution is -0.132. The van der Waals surface area contributed by atoms with Crippen molar-refractivity contribution in [1.29, 1.82) is 0 Å². The maximum atomic E-state index is 11.6. The van der Waals surface area contributed by atoms with E-state index in [0.29, 0.717) is 18.0 Å². The fourth-order valence-electron chi connectivity index (χ4n) is 2.38. The van der Waals surface area contributed by atoms with Crippen molar-refractivity contribution in [2.75, 3.05) is 32.5 Å². The van der Waals surface area contributed by atoms with Crippen LogP contribution in [0, 0.1) is 0 Å². The second-order valence-electron chi connectivity index (χ2n) is 5.76. The van der Waals surface area contributed by atoms with Crippen molar-refractivity contribution in [3.8, 4) is 5.88 Å². The molecule has 1 saturated heterocycles. The molecule has 1 aromatic heterocycles. The van der Waals surface area contributed by atoms with E-state index in [1.54, 1.807) is 32.4 Å². The smallest absolute Gasteiger partial charge is 0.321 e. The first-order chi connectivity index (χ1) is 11.0. The van der Waals surface area contributed by atoms with Gasteiger partial charge < -0.3 is 19.9 Å². The summed E-state index contributed by atoms with van der Waals surface area (Å²) in [7, 11) is 3.35. The molecule has 1 fully saturated rings. The minimum absolute atomic E-state index is 0.0747. The monoisotopic (exact) mass is 320 g/mol. The van der Waals surface area contributed by atoms with E-state index in [0.717, 1.165) is 25.9 Å². The zero-order valence-electron chi connectivity index (χ0n) is 13.9. The predicted molar refractivity (Wildman–Crippen MR) is 87.5 cm³/mol. The van der Waals surface area contributed by atoms with Crippen molar-refractivity contribution in [1.82, 2.24) is 14.8 Å². The molecule has 2 heterocycles. The highest BCUT2D eigenvalue weighted by molar-refractivity contribution is 5.88. The van der Waals surface area contributed by atoms with Gasteiger partial charge in [-0.25, -0.2) is 9.78 Å². The number of carbonyl (C=O) groups is 2. The normalized spacial score (nSPS) is 15.2. The molecule has 1 aliphatic rings. The summed E-state index contributed by atoms with van der Waals surface area (Å²) in [6, 6.07) is 3.31. The number of amides is 3. The second-order valence-corrected chi connectivity index (χ2v) is 5.76. The van der Waals surface area contributed by atoms with E-state index in [2.05, 4.69) is 10.3 Å². The number of piperidine rings is 1. The summed E-state index contributed by atoms with van der Waals surface area (Å²) in [5.74, 6) is 0.732. The Bertz CT molecular complexity index is 537. The summed E-state index contributed by atoms with van der Waals surface area (Å²) in [6.07, 6.45) is 3.82. The molecule has 126 valence electrons. The highest BCUT2D eigenvalue weighted by Gasteiger charge is 2.23. The second kappa shape index (κ2) is 7.80. The Morgan fingerprint density at radius 3 is 2.57 bits per heavy atom. The zero-order valence-corrected chi connectivity index (χ0v) is 13.9. The van der Waals surface area contributed by atoms with E-state index in [1.165, 1.54) is 4.90 Å². The molecule has 0 saturated carbocycles. The summed E-state index contributed by atoms with van der Waals surface area (Å²) in [5, 5.41) is 2.72. The van der Waals surface area contributed by atoms with Crippen molar-refractivity contribution in [2.24, 2.45) is 0 Å². The van der Waals surface area contributed by atoms with Crippen LogP contribution in [-0.4, -0.2) is 60.0 Å². The molecule has 0 unspecified atom stereocenters. The van der Waals surface area contributed by atoms with Gasteiger partial charge in [0, 0.05) is 52.5 Å². The Balaban J connectivity index is 1.83. The fourth-order valence-corrected chi connectivity index (χ4v) is 2.38. The van der Waals surface area contributed by atoms with Gasteiger partial charge in [0.05, 0.1) is 11.9 Å². The van der Waals surface area contributed by atoms with E-state index in [9.17, 15) is 9.59 Å². The summed E-state index contributed by atoms with van der Waals surface area (Å²) < 4.78 is 5.85. The number of carbonyl (C=O) groups excluding carboxylic acids is 2. The highest BCUT2D eigenvalue weighted by Crippen LogP contribution is 2.19. The van der Waals surface area contributed by atoms with E-state index < -0.39 is 0 Å². The van der Waals surface area contributed by atoms with Crippen LogP contribution in [-0.2, 0) is 4.79 Å². The lowest BCUT2D eigenvalue weighted by Crippen LogP contribution is -2.41. The SMILES string of the molecule is CCC(=O)N1CCC(Oc2ccc(NC(=O)N(C)C)cn2)CC1. The lowest BCUT2D eigenvalue weighted by atomic mass is 10.1. The van der Waals surface area contributed by atoms with Gasteiger partial charge in [-0.15, -0.1) is 0 Å². The predicted octanol–water partition coefficient (Wildman–Crippen LogP) is 1.95. The maximum absolute atomic E-state index is 11.6. The summed E-state index contributed by atoms with van der Waals surface area (Å²) in [6.45, 7) is 3.34. The quantitative estimate of drug-likeness (QED) is 0.920. The maximum Gasteiger partial charge on any atom is 0.321 e. The van der Waals surface area contributed by atoms with Crippen LogP contribution >= 0.6 is 0 Å². The van der Waals surface area contributed by atoms with Crippen LogP contribution in [0.2, 0.25) is 0 Å². The summed E-state index contributed by atoms with van der Waals surface area (Å²) >= 11 is 0. The molecule has 0 aromatic carbocycles. The molecule has 0 atom stereocenters. The standard InChI is InChI=1S/C16H24N4O3/c1-4-15(21)20-9-7-13(8-10-20)23-14-6-5-12(11-17-14)18-16(22)19(2)3/h5-6,11,13H,4,7-10H2,1-3H3,(H,18,22). The number of aromatic nitrogens is 1. The molecule has 0 radical (unpaired) electrons. The lowest BCUT2D eigenvalue weighted by Gasteiger charge is -2.31. The number of nitrogens with zero attached hydrogens (tertiary/aromatic N) is 3. The largest absolute Gasteiger partial charge is 0.474 e. The Kier molecular flexibility index (Phi) is 5.78. The van der Waals surface area contributed by atoms with E-state index in [4.69, 9.17) is 4.74 Å². The van der Waals surface area contributed by atoms with Crippen LogP contribution in [0.25, 0.3) is 0 Å². The van der Waals surface area contributed by atoms with Crippen molar-refractivity contribution in [3.63, 3.8) is 0 Å². The number of anilines is 1. The molecule has 0 bridgehead atoms. The van der Waals surface area contributed by atoms with Crippen LogP contribution in [0.4, 0.5) is 10.5 Å². The number of hydrogen-bond donors (Lipinski definition) is 1. The molecule has 7 heteroatoms. The van der Waals surface area contributed by atoms with Crippen LogP contribution in [0.15, 0.2) is 18.3 Å². The third-order valence-corrected chi connectivity index (χ3v) is 3.78. The van der Waals surface area contributed by atoms with Gasteiger partial charge in [0.1, 0.15) is 6.10 Å². The van der Waals surface area contributed by atoms with E-state index in [1.807, 2.05) is 11.8 Å². The number of nitrogens with one attached hydrogen (secondary N) is 1. The van der Waals surface area contributed by atoms with Gasteiger partial charge in [-0.1, -0.05) is 6.92 Å². The molecule has 7 nitrogen and oxygen atoms in total. The fraction of sp³-hybridized carbons (Fsp3) is 0.562. The van der Waals surface area contributed by atoms with Crippen LogP contribution in [0.3, 0.4) is 0 Å². The number of hydrogen-bond acceptors (Lipinski definition) is 4. The van der Waals surface area contributed by atoms with E-state index in [-0.39, 0.29) is 18.0 Å². The number of ether oxygens (including phenoxy) is 1. The first-order valence-corrected chi connectivity index (χ1v) is 7.88. The van der Waals surface area contributed by atoms with Crippen molar-refractivity contribution in [2.45, 2.75) is 32.3 Å². The number of likely N-dealkylation sites (tertiary alicyclic amines) is 1. The molecule has 0 aliphatic carbocycles. The number of urea groups is 1. The van der Waals surface area contributed by atoms with Gasteiger partial charge in [-0.05, 0) is 6.07 Å². The molecule has 1 aliphatic heterocycles. The van der Waals surface area contributed by atoms with Crippen LogP contribution in [0.1, 0.15) is 26.2 Å². The van der Waals surface area contributed by atoms with Crippen molar-refractivity contribution < 1.29 is 14.3 Å². The molecular formula is C16H24N4O3. The van der Waals surface area contributed by atoms with Gasteiger partial charge >= 0.3 is 6.03 Å². The summed E-state index contributed by atoms with van der Waals surface area (Å²) in [5.41, 5.74) is 0.624. The topological polar surface area (TPSA) is 74.8 Å². The molecule has 1 N–H and O–H groups in total. The third kappa shape index (κ3) is 4.84. The Morgan fingerprint density at radius 1 is 1.35 bits per heavy atom. The third-order valence-electron chi connectivity index (χ3n) is 3.78. The molecular weight excluding hydrogens is 296 g/mol. The van der Waals surface area contributed by atoms with Gasteiger partial charge in [-0.3, -0.25) is 4.79 Å². The molecule has 0 spiro atoms. The van der Waals surface area contributed by atoms with Gasteiger partial charge in [0.2, 0.25) is 11.8 Å². The van der Waals surface area contributed by atoms with Crippen LogP contribution < -0.4 is 10.1 Å². The average Bonchev–Trinajstić information content (AvgIpc) is 2.56. The van der Waals surface area contributed by atoms with Crippen molar-refractivity contribution in [3.05, 3.63) is 18.3 Å². The molecule has 1 aromatic rings. The van der Waals surface area contributed by atoms with Crippen LogP contribution in [0.5, 0.6) is 5.88 Å². The van der Waals surface area contributed by atoms with E-state index >= 15 is 0 Å². The van der Waals surface area contributed by atoms with Gasteiger partial charge in [-0.2, -0.15) is 0 Å².